The molecule has 0 aliphatic heterocycles. The molecule has 1 amide bonds. The maximum atomic E-state index is 11.7. The lowest BCUT2D eigenvalue weighted by molar-refractivity contribution is -0.143. The molecule has 0 saturated heterocycles. The zero-order valence-corrected chi connectivity index (χ0v) is 14.3. The number of esters is 2. The smallest absolute Gasteiger partial charge is 0.337 e. The molecule has 0 unspecified atom stereocenters. The van der Waals surface area contributed by atoms with Crippen LogP contribution in [0, 0.1) is 0 Å². The summed E-state index contributed by atoms with van der Waals surface area (Å²) < 4.78 is 9.49. The number of rotatable bonds is 7. The summed E-state index contributed by atoms with van der Waals surface area (Å²) in [6, 6.07) is 15.9. The Morgan fingerprint density at radius 3 is 2.35 bits per heavy atom. The zero-order chi connectivity index (χ0) is 18.8. The first-order chi connectivity index (χ1) is 12.6. The molecule has 2 rings (SSSR count). The van der Waals surface area contributed by atoms with Crippen molar-refractivity contribution in [3.8, 4) is 0 Å². The molecule has 0 aliphatic rings. The number of ether oxygens (including phenoxy) is 2. The van der Waals surface area contributed by atoms with Crippen molar-refractivity contribution in [2.75, 3.05) is 13.7 Å². The van der Waals surface area contributed by atoms with Gasteiger partial charge in [-0.05, 0) is 29.3 Å². The molecule has 0 bridgehead atoms. The van der Waals surface area contributed by atoms with Gasteiger partial charge in [0.2, 0.25) is 0 Å². The summed E-state index contributed by atoms with van der Waals surface area (Å²) in [6.07, 6.45) is 2.89. The number of carbonyl (C=O) groups is 3. The van der Waals surface area contributed by atoms with Gasteiger partial charge in [0.1, 0.15) is 0 Å². The van der Waals surface area contributed by atoms with Gasteiger partial charge in [-0.15, -0.1) is 0 Å². The molecule has 134 valence electrons. The third-order valence-corrected chi connectivity index (χ3v) is 3.42. The van der Waals surface area contributed by atoms with E-state index in [0.717, 1.165) is 11.1 Å². The van der Waals surface area contributed by atoms with Gasteiger partial charge in [-0.2, -0.15) is 0 Å². The summed E-state index contributed by atoms with van der Waals surface area (Å²) in [5, 5.41) is 2.63. The topological polar surface area (TPSA) is 81.7 Å². The number of hydrogen-bond donors (Lipinski definition) is 1. The molecule has 0 atom stereocenters. The zero-order valence-electron chi connectivity index (χ0n) is 14.3. The predicted octanol–water partition coefficient (Wildman–Crippen LogP) is 2.35. The van der Waals surface area contributed by atoms with E-state index >= 15 is 0 Å². The van der Waals surface area contributed by atoms with Crippen molar-refractivity contribution in [2.45, 2.75) is 6.54 Å². The number of methoxy groups -OCH3 is 1. The molecule has 0 radical (unpaired) electrons. The first kappa shape index (κ1) is 18.9. The fourth-order valence-corrected chi connectivity index (χ4v) is 2.04. The van der Waals surface area contributed by atoms with Gasteiger partial charge in [-0.3, -0.25) is 4.79 Å². The quantitative estimate of drug-likeness (QED) is 0.610. The first-order valence-corrected chi connectivity index (χ1v) is 7.92. The van der Waals surface area contributed by atoms with Crippen LogP contribution in [0.5, 0.6) is 0 Å². The summed E-state index contributed by atoms with van der Waals surface area (Å²) in [4.78, 5) is 34.7. The number of nitrogens with one attached hydrogen (secondary N) is 1. The fraction of sp³-hybridized carbons (Fsp3) is 0.150. The van der Waals surface area contributed by atoms with E-state index in [9.17, 15) is 14.4 Å². The minimum absolute atomic E-state index is 0.262. The second kappa shape index (κ2) is 9.78. The van der Waals surface area contributed by atoms with Gasteiger partial charge in [0.05, 0.1) is 12.7 Å². The van der Waals surface area contributed by atoms with Crippen LogP contribution >= 0.6 is 0 Å². The summed E-state index contributed by atoms with van der Waals surface area (Å²) in [6.45, 7) is -0.101. The highest BCUT2D eigenvalue weighted by molar-refractivity contribution is 5.90. The number of carbonyl (C=O) groups excluding carboxylic acids is 3. The maximum absolute atomic E-state index is 11.7. The monoisotopic (exact) mass is 353 g/mol. The van der Waals surface area contributed by atoms with Crippen LogP contribution in [0.1, 0.15) is 21.5 Å². The molecule has 0 fully saturated rings. The molecular formula is C20H19NO5. The highest BCUT2D eigenvalue weighted by Gasteiger charge is 2.07. The lowest BCUT2D eigenvalue weighted by Crippen LogP contribution is -2.28. The van der Waals surface area contributed by atoms with Crippen LogP contribution in [0.25, 0.3) is 6.08 Å². The Labute approximate surface area is 151 Å². The van der Waals surface area contributed by atoms with Crippen LogP contribution in [-0.2, 0) is 25.6 Å². The third kappa shape index (κ3) is 6.24. The summed E-state index contributed by atoms with van der Waals surface area (Å²) in [5.74, 6) is -1.43. The van der Waals surface area contributed by atoms with Crippen molar-refractivity contribution in [1.29, 1.82) is 0 Å². The molecule has 2 aromatic carbocycles. The van der Waals surface area contributed by atoms with Crippen LogP contribution in [0.4, 0.5) is 0 Å². The van der Waals surface area contributed by atoms with E-state index in [-0.39, 0.29) is 13.2 Å². The Bertz CT molecular complexity index is 782. The molecule has 0 heterocycles. The lowest BCUT2D eigenvalue weighted by atomic mass is 10.1. The third-order valence-electron chi connectivity index (χ3n) is 3.42. The van der Waals surface area contributed by atoms with Crippen molar-refractivity contribution in [2.24, 2.45) is 0 Å². The standard InChI is InChI=1S/C20H19NO5/c1-25-20(24)17-10-7-16(8-11-17)13-21-18(22)14-26-19(23)12-9-15-5-3-2-4-6-15/h2-12H,13-14H2,1H3,(H,21,22). The number of amides is 1. The van der Waals surface area contributed by atoms with Gasteiger partial charge in [-0.25, -0.2) is 9.59 Å². The van der Waals surface area contributed by atoms with Crippen molar-refractivity contribution >= 4 is 23.9 Å². The summed E-state index contributed by atoms with van der Waals surface area (Å²) in [7, 11) is 1.31. The molecule has 26 heavy (non-hydrogen) atoms. The Balaban J connectivity index is 1.72. The average Bonchev–Trinajstić information content (AvgIpc) is 2.69. The molecule has 2 aromatic rings. The van der Waals surface area contributed by atoms with Crippen molar-refractivity contribution in [3.63, 3.8) is 0 Å². The molecule has 0 saturated carbocycles. The van der Waals surface area contributed by atoms with Crippen molar-refractivity contribution < 1.29 is 23.9 Å². The van der Waals surface area contributed by atoms with E-state index in [4.69, 9.17) is 4.74 Å². The Morgan fingerprint density at radius 1 is 1.00 bits per heavy atom. The van der Waals surface area contributed by atoms with Crippen LogP contribution < -0.4 is 5.32 Å². The van der Waals surface area contributed by atoms with Gasteiger partial charge in [0, 0.05) is 12.6 Å². The largest absolute Gasteiger partial charge is 0.465 e. The van der Waals surface area contributed by atoms with E-state index in [0.29, 0.717) is 5.56 Å². The van der Waals surface area contributed by atoms with Crippen LogP contribution in [0.2, 0.25) is 0 Å². The van der Waals surface area contributed by atoms with E-state index in [2.05, 4.69) is 10.1 Å². The molecule has 6 heteroatoms. The second-order valence-electron chi connectivity index (χ2n) is 5.32. The van der Waals surface area contributed by atoms with Crippen LogP contribution in [0.3, 0.4) is 0 Å². The Hall–Kier alpha value is -3.41. The van der Waals surface area contributed by atoms with Crippen molar-refractivity contribution in [3.05, 3.63) is 77.4 Å². The Morgan fingerprint density at radius 2 is 1.69 bits per heavy atom. The summed E-state index contributed by atoms with van der Waals surface area (Å²) in [5.41, 5.74) is 2.10. The van der Waals surface area contributed by atoms with E-state index in [1.54, 1.807) is 30.3 Å². The van der Waals surface area contributed by atoms with E-state index in [1.807, 2.05) is 30.3 Å². The van der Waals surface area contributed by atoms with Gasteiger partial charge in [0.15, 0.2) is 6.61 Å². The van der Waals surface area contributed by atoms with Crippen molar-refractivity contribution in [1.82, 2.24) is 5.32 Å². The van der Waals surface area contributed by atoms with Crippen LogP contribution in [-0.4, -0.2) is 31.6 Å². The molecule has 0 aliphatic carbocycles. The first-order valence-electron chi connectivity index (χ1n) is 7.92. The molecule has 0 spiro atoms. The second-order valence-corrected chi connectivity index (χ2v) is 5.32. The van der Waals surface area contributed by atoms with Gasteiger partial charge < -0.3 is 14.8 Å². The molecular weight excluding hydrogens is 334 g/mol. The van der Waals surface area contributed by atoms with Gasteiger partial charge >= 0.3 is 11.9 Å². The average molecular weight is 353 g/mol. The normalized spacial score (nSPS) is 10.3. The predicted molar refractivity (Wildman–Crippen MR) is 96.1 cm³/mol. The van der Waals surface area contributed by atoms with Crippen LogP contribution in [0.15, 0.2) is 60.7 Å². The van der Waals surface area contributed by atoms with Gasteiger partial charge in [0.25, 0.3) is 5.91 Å². The SMILES string of the molecule is COC(=O)c1ccc(CNC(=O)COC(=O)C=Cc2ccccc2)cc1. The van der Waals surface area contributed by atoms with E-state index in [1.165, 1.54) is 13.2 Å². The highest BCUT2D eigenvalue weighted by Crippen LogP contribution is 2.05. The number of benzene rings is 2. The minimum atomic E-state index is -0.591. The maximum Gasteiger partial charge on any atom is 0.337 e. The molecule has 6 nitrogen and oxygen atoms in total. The summed E-state index contributed by atoms with van der Waals surface area (Å²) >= 11 is 0. The van der Waals surface area contributed by atoms with Gasteiger partial charge in [-0.1, -0.05) is 42.5 Å². The Kier molecular flexibility index (Phi) is 7.12. The van der Waals surface area contributed by atoms with E-state index < -0.39 is 17.8 Å². The molecule has 0 aromatic heterocycles. The number of hydrogen-bond acceptors (Lipinski definition) is 5. The fourth-order valence-electron chi connectivity index (χ4n) is 2.04. The lowest BCUT2D eigenvalue weighted by Gasteiger charge is -2.06. The molecule has 1 N–H and O–H groups in total. The minimum Gasteiger partial charge on any atom is -0.465 e. The highest BCUT2D eigenvalue weighted by atomic mass is 16.5.